The molecule has 0 aliphatic carbocycles. The number of unbranched alkanes of at least 4 members (excludes halogenated alkanes) is 2. The molecule has 21 heavy (non-hydrogen) atoms. The van der Waals surface area contributed by atoms with Crippen molar-refractivity contribution in [2.24, 2.45) is 11.8 Å². The second kappa shape index (κ2) is 14.5. The van der Waals surface area contributed by atoms with Crippen molar-refractivity contribution in [3.05, 3.63) is 0 Å². The van der Waals surface area contributed by atoms with E-state index in [1.165, 1.54) is 0 Å². The molecule has 0 bridgehead atoms. The summed E-state index contributed by atoms with van der Waals surface area (Å²) in [6.07, 6.45) is 8.47. The third-order valence-electron chi connectivity index (χ3n) is 4.01. The van der Waals surface area contributed by atoms with Crippen LogP contribution < -0.4 is 0 Å². The second-order valence-corrected chi connectivity index (χ2v) is 7.53. The van der Waals surface area contributed by atoms with Crippen LogP contribution >= 0.6 is 0 Å². The molecule has 0 spiro atoms. The third-order valence-corrected chi connectivity index (χ3v) is 5.38. The Hall–Kier alpha value is 0.910. The summed E-state index contributed by atoms with van der Waals surface area (Å²) in [7, 11) is -3.35. The fourth-order valence-corrected chi connectivity index (χ4v) is 3.81. The van der Waals surface area contributed by atoms with Gasteiger partial charge in [0, 0.05) is 0 Å². The van der Waals surface area contributed by atoms with Crippen molar-refractivity contribution < 1.29 is 12.6 Å². The van der Waals surface area contributed by atoms with Gasteiger partial charge in [-0.2, -0.15) is 8.42 Å². The van der Waals surface area contributed by atoms with Gasteiger partial charge in [-0.1, -0.05) is 66.2 Å². The predicted octanol–water partition coefficient (Wildman–Crippen LogP) is 4.12. The minimum atomic E-state index is -3.35. The van der Waals surface area contributed by atoms with Crippen molar-refractivity contribution in [1.29, 1.82) is 0 Å². The standard InChI is InChI=1S/C16H34O3S.Na.H/c1-5-9-11-15(7-3)13-19-20(17,18)14-16(8-4)12-10-6-2;;/h15-16H,5-14H2,1-4H3;;. The molecule has 0 aromatic heterocycles. The van der Waals surface area contributed by atoms with Crippen molar-refractivity contribution in [3.63, 3.8) is 0 Å². The summed E-state index contributed by atoms with van der Waals surface area (Å²) in [6.45, 7) is 8.82. The molecule has 0 saturated heterocycles. The second-order valence-electron chi connectivity index (χ2n) is 5.84. The van der Waals surface area contributed by atoms with E-state index in [0.717, 1.165) is 51.4 Å². The Morgan fingerprint density at radius 2 is 1.33 bits per heavy atom. The van der Waals surface area contributed by atoms with Crippen LogP contribution in [0.5, 0.6) is 0 Å². The van der Waals surface area contributed by atoms with Crippen molar-refractivity contribution in [2.75, 3.05) is 12.4 Å². The summed E-state index contributed by atoms with van der Waals surface area (Å²) in [5, 5.41) is 0. The molecule has 124 valence electrons. The van der Waals surface area contributed by atoms with Crippen LogP contribution in [-0.2, 0) is 14.3 Å². The zero-order chi connectivity index (χ0) is 15.4. The van der Waals surface area contributed by atoms with Crippen LogP contribution in [0.1, 0.15) is 79.1 Å². The van der Waals surface area contributed by atoms with Gasteiger partial charge in [-0.3, -0.25) is 4.18 Å². The van der Waals surface area contributed by atoms with Gasteiger partial charge in [0.25, 0.3) is 10.1 Å². The molecule has 0 saturated carbocycles. The van der Waals surface area contributed by atoms with E-state index in [-0.39, 0.29) is 41.2 Å². The number of hydrogen-bond donors (Lipinski definition) is 0. The Labute approximate surface area is 155 Å². The van der Waals surface area contributed by atoms with Gasteiger partial charge in [0.05, 0.1) is 12.4 Å². The summed E-state index contributed by atoms with van der Waals surface area (Å²) in [6, 6.07) is 0. The molecule has 0 N–H and O–H groups in total. The van der Waals surface area contributed by atoms with Gasteiger partial charge in [-0.05, 0) is 24.7 Å². The number of hydrogen-bond acceptors (Lipinski definition) is 3. The zero-order valence-electron chi connectivity index (χ0n) is 13.9. The maximum atomic E-state index is 12.0. The first-order valence-electron chi connectivity index (χ1n) is 8.36. The maximum absolute atomic E-state index is 12.0. The van der Waals surface area contributed by atoms with Crippen molar-refractivity contribution in [2.45, 2.75) is 79.1 Å². The van der Waals surface area contributed by atoms with Crippen LogP contribution in [0.4, 0.5) is 0 Å². The molecule has 3 nitrogen and oxygen atoms in total. The average Bonchev–Trinajstić information content (AvgIpc) is 2.43. The Kier molecular flexibility index (Phi) is 16.7. The minimum absolute atomic E-state index is 0. The topological polar surface area (TPSA) is 43.4 Å². The molecular formula is C16H35NaO3S. The van der Waals surface area contributed by atoms with E-state index >= 15 is 0 Å². The van der Waals surface area contributed by atoms with Crippen LogP contribution in [0, 0.1) is 11.8 Å². The SMILES string of the molecule is CCCCC(CC)COS(=O)(=O)CC(CC)CCCC.[NaH]. The van der Waals surface area contributed by atoms with Crippen LogP contribution in [0.3, 0.4) is 0 Å². The average molecular weight is 331 g/mol. The van der Waals surface area contributed by atoms with E-state index in [9.17, 15) is 8.42 Å². The molecule has 0 aliphatic heterocycles. The predicted molar refractivity (Wildman–Crippen MR) is 93.5 cm³/mol. The van der Waals surface area contributed by atoms with E-state index in [0.29, 0.717) is 12.5 Å². The van der Waals surface area contributed by atoms with E-state index < -0.39 is 10.1 Å². The molecule has 5 heteroatoms. The van der Waals surface area contributed by atoms with E-state index in [2.05, 4.69) is 27.7 Å². The molecule has 0 fully saturated rings. The Morgan fingerprint density at radius 3 is 1.76 bits per heavy atom. The monoisotopic (exact) mass is 330 g/mol. The van der Waals surface area contributed by atoms with Gasteiger partial charge in [0.2, 0.25) is 0 Å². The summed E-state index contributed by atoms with van der Waals surface area (Å²) >= 11 is 0. The van der Waals surface area contributed by atoms with Gasteiger partial charge in [0.1, 0.15) is 0 Å². The van der Waals surface area contributed by atoms with Gasteiger partial charge in [-0.25, -0.2) is 0 Å². The summed E-state index contributed by atoms with van der Waals surface area (Å²) in [5.74, 6) is 0.810. The third kappa shape index (κ3) is 13.1. The normalized spacial score (nSPS) is 14.5. The molecule has 2 atom stereocenters. The molecule has 0 radical (unpaired) electrons. The van der Waals surface area contributed by atoms with Gasteiger partial charge < -0.3 is 0 Å². The van der Waals surface area contributed by atoms with Crippen molar-refractivity contribution in [1.82, 2.24) is 0 Å². The molecule has 0 rings (SSSR count). The first-order chi connectivity index (χ1) is 9.49. The Morgan fingerprint density at radius 1 is 0.857 bits per heavy atom. The molecule has 0 heterocycles. The van der Waals surface area contributed by atoms with Crippen molar-refractivity contribution in [3.8, 4) is 0 Å². The zero-order valence-corrected chi connectivity index (χ0v) is 14.7. The van der Waals surface area contributed by atoms with Gasteiger partial charge in [0.15, 0.2) is 0 Å². The first kappa shape index (κ1) is 24.2. The summed E-state index contributed by atoms with van der Waals surface area (Å²) in [5.41, 5.74) is 0. The fourth-order valence-electron chi connectivity index (χ4n) is 2.33. The van der Waals surface area contributed by atoms with Crippen LogP contribution in [0.15, 0.2) is 0 Å². The fraction of sp³-hybridized carbons (Fsp3) is 1.00. The first-order valence-corrected chi connectivity index (χ1v) is 9.93. The Balaban J connectivity index is 0. The molecule has 0 aromatic rings. The van der Waals surface area contributed by atoms with E-state index in [1.54, 1.807) is 0 Å². The number of rotatable bonds is 13. The molecule has 0 aliphatic rings. The summed E-state index contributed by atoms with van der Waals surface area (Å²) in [4.78, 5) is 0. The molecular weight excluding hydrogens is 295 g/mol. The van der Waals surface area contributed by atoms with E-state index in [1.807, 2.05) is 0 Å². The van der Waals surface area contributed by atoms with Crippen LogP contribution in [-0.4, -0.2) is 50.3 Å². The Bertz CT molecular complexity index is 317. The molecule has 0 amide bonds. The van der Waals surface area contributed by atoms with Gasteiger partial charge >= 0.3 is 29.6 Å². The van der Waals surface area contributed by atoms with Crippen molar-refractivity contribution >= 4 is 39.7 Å². The van der Waals surface area contributed by atoms with Crippen LogP contribution in [0.25, 0.3) is 0 Å². The van der Waals surface area contributed by atoms with Gasteiger partial charge in [-0.15, -0.1) is 0 Å². The molecule has 2 unspecified atom stereocenters. The molecule has 0 aromatic carbocycles. The van der Waals surface area contributed by atoms with Crippen LogP contribution in [0.2, 0.25) is 0 Å². The quantitative estimate of drug-likeness (QED) is 0.377. The summed E-state index contributed by atoms with van der Waals surface area (Å²) < 4.78 is 29.3. The van der Waals surface area contributed by atoms with E-state index in [4.69, 9.17) is 4.18 Å².